The maximum Gasteiger partial charge on any atom is 0.304 e. The number of carboxylic acids is 1. The van der Waals surface area contributed by atoms with Gasteiger partial charge in [-0.1, -0.05) is 48.5 Å². The molecule has 0 spiro atoms. The minimum Gasteiger partial charge on any atom is -0.486 e. The molecule has 1 N–H and O–H groups in total. The molecule has 38 heavy (non-hydrogen) atoms. The number of hydrogen-bond donors (Lipinski definition) is 1. The topological polar surface area (TPSA) is 80.5 Å². The molecule has 0 radical (unpaired) electrons. The predicted octanol–water partition coefficient (Wildman–Crippen LogP) is 5.50. The Morgan fingerprint density at radius 1 is 1.21 bits per heavy atom. The van der Waals surface area contributed by atoms with Crippen molar-refractivity contribution in [1.82, 2.24) is 19.9 Å². The molecule has 3 aromatic carbocycles. The molecule has 2 atom stereocenters. The van der Waals surface area contributed by atoms with E-state index in [1.807, 2.05) is 45.2 Å². The summed E-state index contributed by atoms with van der Waals surface area (Å²) < 4.78 is 22.3. The third-order valence-electron chi connectivity index (χ3n) is 7.65. The van der Waals surface area contributed by atoms with E-state index in [1.54, 1.807) is 10.7 Å². The Labute approximate surface area is 221 Å². The number of carboxylic acid groups (broad SMARTS) is 1. The number of para-hydroxylation sites is 1. The second-order valence-electron chi connectivity index (χ2n) is 10.2. The molecule has 1 aliphatic rings. The number of rotatable bonds is 7. The van der Waals surface area contributed by atoms with Gasteiger partial charge in [-0.2, -0.15) is 0 Å². The lowest BCUT2D eigenvalue weighted by atomic mass is 9.84. The standard InChI is InChI=1S/C30H33FN4O3/c1-5-23-17-35(15-21-7-6-8-26(31)30(21)38-23)16-22-13-20(10-9-18(22)2)25(14-28(36)37)24-11-12-27-29(19(24)3)32-33-34(27)4/h6-13,23,25H,5,14-17H2,1-4H3,(H,36,37)/t23-,25+/m1/s1. The van der Waals surface area contributed by atoms with Crippen LogP contribution in [-0.4, -0.2) is 43.6 Å². The van der Waals surface area contributed by atoms with Gasteiger partial charge < -0.3 is 9.84 Å². The van der Waals surface area contributed by atoms with E-state index in [2.05, 4.69) is 34.3 Å². The average molecular weight is 517 g/mol. The molecule has 2 heterocycles. The molecule has 0 saturated heterocycles. The first-order chi connectivity index (χ1) is 18.2. The number of nitrogens with zero attached hydrogens (tertiary/aromatic N) is 4. The Balaban J connectivity index is 1.50. The molecule has 7 nitrogen and oxygen atoms in total. The first kappa shape index (κ1) is 25.9. The Bertz CT molecular complexity index is 1500. The predicted molar refractivity (Wildman–Crippen MR) is 144 cm³/mol. The van der Waals surface area contributed by atoms with E-state index in [-0.39, 0.29) is 24.3 Å². The van der Waals surface area contributed by atoms with Crippen LogP contribution in [0.15, 0.2) is 48.5 Å². The van der Waals surface area contributed by atoms with Crippen LogP contribution in [-0.2, 0) is 24.9 Å². The third-order valence-corrected chi connectivity index (χ3v) is 7.65. The number of halogens is 1. The number of benzene rings is 3. The summed E-state index contributed by atoms with van der Waals surface area (Å²) in [6.07, 6.45) is 0.628. The molecule has 198 valence electrons. The van der Waals surface area contributed by atoms with Crippen molar-refractivity contribution < 1.29 is 19.0 Å². The second-order valence-corrected chi connectivity index (χ2v) is 10.2. The normalized spacial score (nSPS) is 16.6. The lowest BCUT2D eigenvalue weighted by Crippen LogP contribution is -2.32. The van der Waals surface area contributed by atoms with Crippen LogP contribution in [0, 0.1) is 19.7 Å². The molecule has 0 bridgehead atoms. The molecular weight excluding hydrogens is 483 g/mol. The fraction of sp³-hybridized carbons (Fsp3) is 0.367. The van der Waals surface area contributed by atoms with Crippen molar-refractivity contribution in [3.63, 3.8) is 0 Å². The summed E-state index contributed by atoms with van der Waals surface area (Å²) in [6.45, 7) is 8.00. The maximum absolute atomic E-state index is 14.5. The van der Waals surface area contributed by atoms with E-state index in [9.17, 15) is 14.3 Å². The van der Waals surface area contributed by atoms with Crippen molar-refractivity contribution in [2.24, 2.45) is 7.05 Å². The first-order valence-electron chi connectivity index (χ1n) is 13.0. The number of aliphatic carboxylic acids is 1. The highest BCUT2D eigenvalue weighted by Gasteiger charge is 2.26. The molecule has 0 fully saturated rings. The molecule has 0 aliphatic carbocycles. The molecular formula is C30H33FN4O3. The summed E-state index contributed by atoms with van der Waals surface area (Å²) >= 11 is 0. The van der Waals surface area contributed by atoms with E-state index < -0.39 is 5.97 Å². The number of aryl methyl sites for hydroxylation is 3. The van der Waals surface area contributed by atoms with Crippen LogP contribution in [0.4, 0.5) is 4.39 Å². The highest BCUT2D eigenvalue weighted by molar-refractivity contribution is 5.80. The first-order valence-corrected chi connectivity index (χ1v) is 13.0. The lowest BCUT2D eigenvalue weighted by molar-refractivity contribution is -0.137. The minimum absolute atomic E-state index is 0.0305. The number of ether oxygens (including phenoxy) is 1. The van der Waals surface area contributed by atoms with Crippen LogP contribution >= 0.6 is 0 Å². The summed E-state index contributed by atoms with van der Waals surface area (Å²) in [6, 6.07) is 15.3. The smallest absolute Gasteiger partial charge is 0.304 e. The van der Waals surface area contributed by atoms with Gasteiger partial charge in [0.05, 0.1) is 11.9 Å². The Morgan fingerprint density at radius 2 is 2.03 bits per heavy atom. The average Bonchev–Trinajstić information content (AvgIpc) is 3.16. The van der Waals surface area contributed by atoms with Gasteiger partial charge in [0.25, 0.3) is 0 Å². The van der Waals surface area contributed by atoms with Crippen LogP contribution in [0.2, 0.25) is 0 Å². The molecule has 0 unspecified atom stereocenters. The highest BCUT2D eigenvalue weighted by atomic mass is 19.1. The zero-order chi connectivity index (χ0) is 27.0. The van der Waals surface area contributed by atoms with Gasteiger partial charge in [-0.05, 0) is 60.2 Å². The van der Waals surface area contributed by atoms with Crippen molar-refractivity contribution in [2.45, 2.75) is 58.7 Å². The molecule has 5 rings (SSSR count). The van der Waals surface area contributed by atoms with Crippen molar-refractivity contribution >= 4 is 17.0 Å². The fourth-order valence-corrected chi connectivity index (χ4v) is 5.47. The van der Waals surface area contributed by atoms with Gasteiger partial charge in [-0.15, -0.1) is 5.10 Å². The summed E-state index contributed by atoms with van der Waals surface area (Å²) in [7, 11) is 1.85. The van der Waals surface area contributed by atoms with Gasteiger partial charge in [-0.3, -0.25) is 9.69 Å². The maximum atomic E-state index is 14.5. The van der Waals surface area contributed by atoms with Crippen LogP contribution in [0.1, 0.15) is 59.1 Å². The Kier molecular flexibility index (Phi) is 7.17. The van der Waals surface area contributed by atoms with Gasteiger partial charge in [0.15, 0.2) is 11.6 Å². The molecule has 4 aromatic rings. The monoisotopic (exact) mass is 516 g/mol. The van der Waals surface area contributed by atoms with Gasteiger partial charge >= 0.3 is 5.97 Å². The van der Waals surface area contributed by atoms with Gasteiger partial charge in [0.2, 0.25) is 0 Å². The lowest BCUT2D eigenvalue weighted by Gasteiger charge is -2.25. The van der Waals surface area contributed by atoms with Gasteiger partial charge in [0.1, 0.15) is 11.6 Å². The summed E-state index contributed by atoms with van der Waals surface area (Å²) in [5, 5.41) is 18.3. The van der Waals surface area contributed by atoms with Crippen LogP contribution in [0.25, 0.3) is 11.0 Å². The fourth-order valence-electron chi connectivity index (χ4n) is 5.47. The minimum atomic E-state index is -0.857. The van der Waals surface area contributed by atoms with Gasteiger partial charge in [0, 0.05) is 38.2 Å². The largest absolute Gasteiger partial charge is 0.486 e. The summed E-state index contributed by atoms with van der Waals surface area (Å²) in [5.74, 6) is -1.16. The number of hydrogen-bond acceptors (Lipinski definition) is 5. The number of fused-ring (bicyclic) bond motifs is 2. The third kappa shape index (κ3) is 5.00. The molecule has 1 aromatic heterocycles. The van der Waals surface area contributed by atoms with Crippen LogP contribution < -0.4 is 4.74 Å². The van der Waals surface area contributed by atoms with Crippen molar-refractivity contribution in [3.8, 4) is 5.75 Å². The molecule has 1 aliphatic heterocycles. The quantitative estimate of drug-likeness (QED) is 0.349. The second kappa shape index (κ2) is 10.5. The number of carbonyl (C=O) groups is 1. The van der Waals surface area contributed by atoms with E-state index >= 15 is 0 Å². The molecule has 0 saturated carbocycles. The zero-order valence-corrected chi connectivity index (χ0v) is 22.2. The molecule has 8 heteroatoms. The van der Waals surface area contributed by atoms with Gasteiger partial charge in [-0.25, -0.2) is 9.07 Å². The Morgan fingerprint density at radius 3 is 2.79 bits per heavy atom. The Hall–Kier alpha value is -3.78. The van der Waals surface area contributed by atoms with E-state index in [4.69, 9.17) is 4.74 Å². The highest BCUT2D eigenvalue weighted by Crippen LogP contribution is 2.35. The van der Waals surface area contributed by atoms with Crippen molar-refractivity contribution in [1.29, 1.82) is 0 Å². The van der Waals surface area contributed by atoms with Crippen LogP contribution in [0.5, 0.6) is 5.75 Å². The SMILES string of the molecule is CC[C@@H]1CN(Cc2cc([C@H](CC(=O)O)c3ccc4c(nnn4C)c3C)ccc2C)Cc2cccc(F)c2O1. The van der Waals surface area contributed by atoms with Crippen LogP contribution in [0.3, 0.4) is 0 Å². The number of aromatic nitrogens is 3. The van der Waals surface area contributed by atoms with Crippen molar-refractivity contribution in [2.75, 3.05) is 6.54 Å². The summed E-state index contributed by atoms with van der Waals surface area (Å²) in [5.41, 5.74) is 7.61. The molecule has 0 amide bonds. The summed E-state index contributed by atoms with van der Waals surface area (Å²) in [4.78, 5) is 14.3. The van der Waals surface area contributed by atoms with Crippen molar-refractivity contribution in [3.05, 3.63) is 87.7 Å². The van der Waals surface area contributed by atoms with E-state index in [0.29, 0.717) is 25.4 Å². The van der Waals surface area contributed by atoms with E-state index in [1.165, 1.54) is 6.07 Å². The zero-order valence-electron chi connectivity index (χ0n) is 22.2. The van der Waals surface area contributed by atoms with E-state index in [0.717, 1.165) is 50.8 Å².